The Morgan fingerprint density at radius 2 is 1.74 bits per heavy atom. The molecule has 0 aliphatic rings. The second kappa shape index (κ2) is 10.0. The standard InChI is InChI=1S/C24H28N2O5/c1-5-6-11-26(24(28)16-7-10-21(30-3)22(14-16)31-4)15-18-12-17-13-19(29-2)8-9-20(17)25-23(18)27/h7-10,12-14H,5-6,11,15H2,1-4H3,(H,25,27). The Balaban J connectivity index is 1.95. The number of pyridine rings is 1. The maximum atomic E-state index is 13.3. The van der Waals surface area contributed by atoms with Gasteiger partial charge in [-0.25, -0.2) is 0 Å². The molecule has 1 amide bonds. The first-order valence-corrected chi connectivity index (χ1v) is 10.2. The van der Waals surface area contributed by atoms with E-state index in [0.29, 0.717) is 34.9 Å². The minimum absolute atomic E-state index is 0.167. The van der Waals surface area contributed by atoms with Gasteiger partial charge in [0.05, 0.1) is 27.9 Å². The number of nitrogens with zero attached hydrogens (tertiary/aromatic N) is 1. The first kappa shape index (κ1) is 22.2. The van der Waals surface area contributed by atoms with Crippen molar-refractivity contribution in [2.45, 2.75) is 26.3 Å². The van der Waals surface area contributed by atoms with Crippen LogP contribution in [0.3, 0.4) is 0 Å². The molecule has 3 aromatic rings. The van der Waals surface area contributed by atoms with E-state index in [0.717, 1.165) is 23.7 Å². The van der Waals surface area contributed by atoms with Crippen LogP contribution >= 0.6 is 0 Å². The predicted molar refractivity (Wildman–Crippen MR) is 120 cm³/mol. The van der Waals surface area contributed by atoms with Crippen LogP contribution in [0, 0.1) is 0 Å². The Bertz CT molecular complexity index is 1120. The van der Waals surface area contributed by atoms with E-state index in [9.17, 15) is 9.59 Å². The summed E-state index contributed by atoms with van der Waals surface area (Å²) in [4.78, 5) is 30.6. The fourth-order valence-corrected chi connectivity index (χ4v) is 3.43. The number of benzene rings is 2. The minimum Gasteiger partial charge on any atom is -0.497 e. The Labute approximate surface area is 181 Å². The van der Waals surface area contributed by atoms with Crippen LogP contribution in [0.1, 0.15) is 35.7 Å². The van der Waals surface area contributed by atoms with Gasteiger partial charge in [-0.05, 0) is 48.9 Å². The number of rotatable bonds is 9. The molecule has 1 aromatic heterocycles. The van der Waals surface area contributed by atoms with Gasteiger partial charge in [0.2, 0.25) is 0 Å². The van der Waals surface area contributed by atoms with Crippen LogP contribution < -0.4 is 19.8 Å². The highest BCUT2D eigenvalue weighted by Gasteiger charge is 2.19. The highest BCUT2D eigenvalue weighted by Crippen LogP contribution is 2.28. The highest BCUT2D eigenvalue weighted by atomic mass is 16.5. The molecule has 0 spiro atoms. The van der Waals surface area contributed by atoms with Gasteiger partial charge in [-0.1, -0.05) is 13.3 Å². The van der Waals surface area contributed by atoms with Crippen molar-refractivity contribution >= 4 is 16.8 Å². The number of amides is 1. The van der Waals surface area contributed by atoms with E-state index in [2.05, 4.69) is 11.9 Å². The van der Waals surface area contributed by atoms with E-state index in [1.165, 1.54) is 7.11 Å². The summed E-state index contributed by atoms with van der Waals surface area (Å²) in [5, 5.41) is 0.850. The van der Waals surface area contributed by atoms with Crippen molar-refractivity contribution in [3.05, 3.63) is 63.9 Å². The van der Waals surface area contributed by atoms with Crippen LogP contribution in [0.4, 0.5) is 0 Å². The number of carbonyl (C=O) groups is 1. The van der Waals surface area contributed by atoms with E-state index >= 15 is 0 Å². The van der Waals surface area contributed by atoms with Crippen molar-refractivity contribution in [2.24, 2.45) is 0 Å². The van der Waals surface area contributed by atoms with Crippen LogP contribution in [0.2, 0.25) is 0 Å². The van der Waals surface area contributed by atoms with E-state index in [-0.39, 0.29) is 18.0 Å². The Hall–Kier alpha value is -3.48. The van der Waals surface area contributed by atoms with Crippen molar-refractivity contribution in [1.82, 2.24) is 9.88 Å². The summed E-state index contributed by atoms with van der Waals surface area (Å²) in [6, 6.07) is 12.4. The zero-order chi connectivity index (χ0) is 22.4. The number of fused-ring (bicyclic) bond motifs is 1. The summed E-state index contributed by atoms with van der Waals surface area (Å²) in [7, 11) is 4.68. The topological polar surface area (TPSA) is 80.9 Å². The summed E-state index contributed by atoms with van der Waals surface area (Å²) in [6.45, 7) is 2.81. The number of aromatic nitrogens is 1. The smallest absolute Gasteiger partial charge is 0.254 e. The van der Waals surface area contributed by atoms with Crippen LogP contribution in [0.15, 0.2) is 47.3 Å². The quantitative estimate of drug-likeness (QED) is 0.562. The number of H-pyrrole nitrogens is 1. The molecule has 164 valence electrons. The van der Waals surface area contributed by atoms with Crippen LogP contribution in [-0.2, 0) is 6.54 Å². The van der Waals surface area contributed by atoms with Crippen molar-refractivity contribution < 1.29 is 19.0 Å². The molecule has 7 nitrogen and oxygen atoms in total. The number of nitrogens with one attached hydrogen (secondary N) is 1. The average Bonchev–Trinajstić information content (AvgIpc) is 2.80. The molecule has 0 aliphatic carbocycles. The van der Waals surface area contributed by atoms with Crippen molar-refractivity contribution in [2.75, 3.05) is 27.9 Å². The largest absolute Gasteiger partial charge is 0.497 e. The maximum Gasteiger partial charge on any atom is 0.254 e. The summed E-state index contributed by atoms with van der Waals surface area (Å²) >= 11 is 0. The molecular formula is C24H28N2O5. The van der Waals surface area contributed by atoms with E-state index in [1.54, 1.807) is 43.4 Å². The van der Waals surface area contributed by atoms with Crippen molar-refractivity contribution in [3.63, 3.8) is 0 Å². The third-order valence-electron chi connectivity index (χ3n) is 5.19. The fraction of sp³-hybridized carbons (Fsp3) is 0.333. The van der Waals surface area contributed by atoms with Gasteiger partial charge < -0.3 is 24.1 Å². The van der Waals surface area contributed by atoms with Gasteiger partial charge in [0, 0.05) is 28.6 Å². The Kier molecular flexibility index (Phi) is 7.18. The maximum absolute atomic E-state index is 13.3. The lowest BCUT2D eigenvalue weighted by atomic mass is 10.1. The van der Waals surface area contributed by atoms with Crippen LogP contribution in [0.25, 0.3) is 10.9 Å². The summed E-state index contributed by atoms with van der Waals surface area (Å²) < 4.78 is 15.9. The SMILES string of the molecule is CCCCN(Cc1cc2cc(OC)ccc2[nH]c1=O)C(=O)c1ccc(OC)c(OC)c1. The zero-order valence-electron chi connectivity index (χ0n) is 18.4. The number of unbranched alkanes of at least 4 members (excludes halogenated alkanes) is 1. The molecule has 31 heavy (non-hydrogen) atoms. The summed E-state index contributed by atoms with van der Waals surface area (Å²) in [5.74, 6) is 1.58. The van der Waals surface area contributed by atoms with E-state index in [4.69, 9.17) is 14.2 Å². The van der Waals surface area contributed by atoms with Crippen LogP contribution in [0.5, 0.6) is 17.2 Å². The molecule has 3 rings (SSSR count). The van der Waals surface area contributed by atoms with E-state index in [1.807, 2.05) is 18.2 Å². The molecule has 0 saturated carbocycles. The van der Waals surface area contributed by atoms with Gasteiger partial charge in [-0.3, -0.25) is 9.59 Å². The summed E-state index contributed by atoms with van der Waals surface area (Å²) in [6.07, 6.45) is 1.76. The van der Waals surface area contributed by atoms with Gasteiger partial charge in [-0.2, -0.15) is 0 Å². The zero-order valence-corrected chi connectivity index (χ0v) is 18.4. The van der Waals surface area contributed by atoms with Crippen LogP contribution in [-0.4, -0.2) is 43.7 Å². The molecule has 0 aliphatic heterocycles. The normalized spacial score (nSPS) is 10.7. The molecule has 0 unspecified atom stereocenters. The lowest BCUT2D eigenvalue weighted by Crippen LogP contribution is -2.33. The predicted octanol–water partition coefficient (Wildman–Crippen LogP) is 4.00. The molecule has 1 N–H and O–H groups in total. The molecule has 7 heteroatoms. The third-order valence-corrected chi connectivity index (χ3v) is 5.19. The molecule has 0 radical (unpaired) electrons. The average molecular weight is 424 g/mol. The molecule has 0 saturated heterocycles. The first-order chi connectivity index (χ1) is 15.0. The molecule has 0 atom stereocenters. The van der Waals surface area contributed by atoms with Gasteiger partial charge in [0.1, 0.15) is 5.75 Å². The molecule has 0 bridgehead atoms. The lowest BCUT2D eigenvalue weighted by molar-refractivity contribution is 0.0740. The Morgan fingerprint density at radius 1 is 0.968 bits per heavy atom. The monoisotopic (exact) mass is 424 g/mol. The molecule has 1 heterocycles. The number of ether oxygens (including phenoxy) is 3. The molecular weight excluding hydrogens is 396 g/mol. The van der Waals surface area contributed by atoms with Crippen molar-refractivity contribution in [1.29, 1.82) is 0 Å². The Morgan fingerprint density at radius 3 is 2.42 bits per heavy atom. The number of methoxy groups -OCH3 is 3. The van der Waals surface area contributed by atoms with Gasteiger partial charge in [0.15, 0.2) is 11.5 Å². The van der Waals surface area contributed by atoms with Gasteiger partial charge in [-0.15, -0.1) is 0 Å². The lowest BCUT2D eigenvalue weighted by Gasteiger charge is -2.23. The first-order valence-electron chi connectivity index (χ1n) is 10.2. The number of carbonyl (C=O) groups excluding carboxylic acids is 1. The summed E-state index contributed by atoms with van der Waals surface area (Å²) in [5.41, 5.74) is 1.51. The number of hydrogen-bond donors (Lipinski definition) is 1. The number of hydrogen-bond acceptors (Lipinski definition) is 5. The highest BCUT2D eigenvalue weighted by molar-refractivity contribution is 5.95. The minimum atomic E-state index is -0.209. The molecule has 2 aromatic carbocycles. The fourth-order valence-electron chi connectivity index (χ4n) is 3.43. The van der Waals surface area contributed by atoms with Gasteiger partial charge in [0.25, 0.3) is 11.5 Å². The van der Waals surface area contributed by atoms with Gasteiger partial charge >= 0.3 is 0 Å². The third kappa shape index (κ3) is 4.99. The van der Waals surface area contributed by atoms with E-state index < -0.39 is 0 Å². The molecule has 0 fully saturated rings. The second-order valence-electron chi connectivity index (χ2n) is 7.23. The second-order valence-corrected chi connectivity index (χ2v) is 7.23. The number of aromatic amines is 1. The van der Waals surface area contributed by atoms with Crippen molar-refractivity contribution in [3.8, 4) is 17.2 Å².